The summed E-state index contributed by atoms with van der Waals surface area (Å²) in [5.74, 6) is -0.763. The number of carbonyl (C=O) groups is 3. The molecule has 3 amide bonds. The number of hydrogen-bond donors (Lipinski definition) is 2. The second-order valence-electron chi connectivity index (χ2n) is 5.47. The summed E-state index contributed by atoms with van der Waals surface area (Å²) in [6.45, 7) is 3.02. The monoisotopic (exact) mass is 340 g/mol. The number of hydrogen-bond acceptors (Lipinski definition) is 4. The quantitative estimate of drug-likeness (QED) is 0.837. The zero-order chi connectivity index (χ0) is 18.2. The molecule has 0 radical (unpaired) electrons. The largest absolute Gasteiger partial charge is 0.350 e. The highest BCUT2D eigenvalue weighted by Crippen LogP contribution is 2.19. The van der Waals surface area contributed by atoms with E-state index in [0.29, 0.717) is 17.9 Å². The van der Waals surface area contributed by atoms with Gasteiger partial charge in [-0.3, -0.25) is 19.4 Å². The normalized spacial score (nSPS) is 10.0. The Morgan fingerprint density at radius 2 is 1.92 bits per heavy atom. The van der Waals surface area contributed by atoms with E-state index in [4.69, 9.17) is 0 Å². The van der Waals surface area contributed by atoms with Crippen LogP contribution in [0.1, 0.15) is 19.4 Å². The fourth-order valence-electron chi connectivity index (χ4n) is 2.24. The molecule has 0 aliphatic heterocycles. The molecule has 0 saturated carbocycles. The lowest BCUT2D eigenvalue weighted by molar-refractivity contribution is -0.123. The van der Waals surface area contributed by atoms with Crippen molar-refractivity contribution < 1.29 is 14.4 Å². The van der Waals surface area contributed by atoms with Crippen molar-refractivity contribution in [2.45, 2.75) is 20.4 Å². The minimum absolute atomic E-state index is 0.112. The van der Waals surface area contributed by atoms with Gasteiger partial charge in [-0.1, -0.05) is 12.1 Å². The van der Waals surface area contributed by atoms with E-state index in [-0.39, 0.29) is 24.3 Å². The number of rotatable bonds is 6. The van der Waals surface area contributed by atoms with Crippen LogP contribution in [0, 0.1) is 0 Å². The van der Waals surface area contributed by atoms with E-state index in [1.165, 1.54) is 18.7 Å². The van der Waals surface area contributed by atoms with E-state index < -0.39 is 0 Å². The van der Waals surface area contributed by atoms with Crippen LogP contribution in [-0.4, -0.2) is 29.3 Å². The smallest absolute Gasteiger partial charge is 0.240 e. The van der Waals surface area contributed by atoms with Gasteiger partial charge in [0, 0.05) is 44.2 Å². The van der Waals surface area contributed by atoms with E-state index >= 15 is 0 Å². The number of nitrogens with zero attached hydrogens (tertiary/aromatic N) is 2. The van der Waals surface area contributed by atoms with Crippen molar-refractivity contribution in [1.29, 1.82) is 0 Å². The van der Waals surface area contributed by atoms with E-state index in [0.717, 1.165) is 5.56 Å². The molecule has 0 unspecified atom stereocenters. The second kappa shape index (κ2) is 8.58. The Labute approximate surface area is 146 Å². The molecular formula is C18H20N4O3. The average Bonchev–Trinajstić information content (AvgIpc) is 2.58. The molecule has 0 aliphatic carbocycles. The van der Waals surface area contributed by atoms with Gasteiger partial charge in [-0.25, -0.2) is 0 Å². The van der Waals surface area contributed by atoms with Gasteiger partial charge in [-0.15, -0.1) is 0 Å². The Hall–Kier alpha value is -3.22. The van der Waals surface area contributed by atoms with E-state index in [1.807, 2.05) is 6.07 Å². The third-order valence-electron chi connectivity index (χ3n) is 3.37. The zero-order valence-electron chi connectivity index (χ0n) is 14.2. The van der Waals surface area contributed by atoms with Crippen LogP contribution in [0.5, 0.6) is 0 Å². The number of carbonyl (C=O) groups excluding carboxylic acids is 3. The molecule has 7 nitrogen and oxygen atoms in total. The minimum atomic E-state index is -0.288. The molecule has 130 valence electrons. The van der Waals surface area contributed by atoms with Crippen LogP contribution in [0.2, 0.25) is 0 Å². The van der Waals surface area contributed by atoms with Crippen LogP contribution >= 0.6 is 0 Å². The van der Waals surface area contributed by atoms with Crippen molar-refractivity contribution in [2.24, 2.45) is 0 Å². The molecular weight excluding hydrogens is 320 g/mol. The molecule has 1 aromatic carbocycles. The van der Waals surface area contributed by atoms with Crippen molar-refractivity contribution >= 4 is 29.1 Å². The highest BCUT2D eigenvalue weighted by atomic mass is 16.2. The standard InChI is InChI=1S/C18H20N4O3/c1-13(23)21-16-6-3-7-17(9-16)22(14(2)24)12-18(25)20-11-15-5-4-8-19-10-15/h3-10H,11-12H2,1-2H3,(H,20,25)(H,21,23). The summed E-state index contributed by atoms with van der Waals surface area (Å²) >= 11 is 0. The predicted molar refractivity (Wildman–Crippen MR) is 94.9 cm³/mol. The maximum Gasteiger partial charge on any atom is 0.240 e. The third-order valence-corrected chi connectivity index (χ3v) is 3.37. The molecule has 2 rings (SSSR count). The summed E-state index contributed by atoms with van der Waals surface area (Å²) in [5.41, 5.74) is 1.97. The highest BCUT2D eigenvalue weighted by Gasteiger charge is 2.16. The Morgan fingerprint density at radius 1 is 1.12 bits per heavy atom. The SMILES string of the molecule is CC(=O)Nc1cccc(N(CC(=O)NCc2cccnc2)C(C)=O)c1. The molecule has 0 fully saturated rings. The Bertz CT molecular complexity index is 762. The van der Waals surface area contributed by atoms with Crippen LogP contribution in [0.3, 0.4) is 0 Å². The summed E-state index contributed by atoms with van der Waals surface area (Å²) in [5, 5.41) is 5.41. The van der Waals surface area contributed by atoms with Gasteiger partial charge in [-0.05, 0) is 29.8 Å². The number of aromatic nitrogens is 1. The number of benzene rings is 1. The van der Waals surface area contributed by atoms with Crippen molar-refractivity contribution in [3.05, 3.63) is 54.4 Å². The van der Waals surface area contributed by atoms with Gasteiger partial charge in [0.1, 0.15) is 6.54 Å². The first-order valence-corrected chi connectivity index (χ1v) is 7.77. The van der Waals surface area contributed by atoms with Crippen molar-refractivity contribution in [1.82, 2.24) is 10.3 Å². The molecule has 0 atom stereocenters. The van der Waals surface area contributed by atoms with Crippen LogP contribution < -0.4 is 15.5 Å². The first kappa shape index (κ1) is 18.1. The number of anilines is 2. The lowest BCUT2D eigenvalue weighted by Crippen LogP contribution is -2.39. The molecule has 2 aromatic rings. The van der Waals surface area contributed by atoms with E-state index in [9.17, 15) is 14.4 Å². The predicted octanol–water partition coefficient (Wildman–Crippen LogP) is 1.71. The zero-order valence-corrected chi connectivity index (χ0v) is 14.2. The topological polar surface area (TPSA) is 91.4 Å². The summed E-state index contributed by atoms with van der Waals surface area (Å²) in [7, 11) is 0. The summed E-state index contributed by atoms with van der Waals surface area (Å²) in [4.78, 5) is 40.6. The first-order valence-electron chi connectivity index (χ1n) is 7.77. The molecule has 25 heavy (non-hydrogen) atoms. The van der Waals surface area contributed by atoms with E-state index in [1.54, 1.807) is 42.7 Å². The summed E-state index contributed by atoms with van der Waals surface area (Å²) < 4.78 is 0. The molecule has 0 bridgehead atoms. The van der Waals surface area contributed by atoms with Gasteiger partial charge >= 0.3 is 0 Å². The van der Waals surface area contributed by atoms with Crippen LogP contribution in [0.15, 0.2) is 48.8 Å². The third kappa shape index (κ3) is 5.72. The maximum atomic E-state index is 12.2. The fraction of sp³-hybridized carbons (Fsp3) is 0.222. The van der Waals surface area contributed by atoms with Gasteiger partial charge in [0.05, 0.1) is 0 Å². The molecule has 1 heterocycles. The number of nitrogens with one attached hydrogen (secondary N) is 2. The molecule has 1 aromatic heterocycles. The van der Waals surface area contributed by atoms with Gasteiger partial charge in [0.15, 0.2) is 0 Å². The average molecular weight is 340 g/mol. The Morgan fingerprint density at radius 3 is 2.56 bits per heavy atom. The summed E-state index contributed by atoms with van der Waals surface area (Å²) in [6, 6.07) is 10.4. The highest BCUT2D eigenvalue weighted by molar-refractivity contribution is 5.98. The fourth-order valence-corrected chi connectivity index (χ4v) is 2.24. The Kier molecular flexibility index (Phi) is 6.22. The first-order chi connectivity index (χ1) is 12.0. The maximum absolute atomic E-state index is 12.2. The van der Waals surface area contributed by atoms with Gasteiger partial charge in [0.2, 0.25) is 17.7 Å². The molecule has 2 N–H and O–H groups in total. The number of amides is 3. The van der Waals surface area contributed by atoms with Gasteiger partial charge in [-0.2, -0.15) is 0 Å². The Balaban J connectivity index is 2.04. The van der Waals surface area contributed by atoms with Crippen molar-refractivity contribution in [3.8, 4) is 0 Å². The lowest BCUT2D eigenvalue weighted by atomic mass is 10.2. The van der Waals surface area contributed by atoms with Gasteiger partial charge < -0.3 is 15.5 Å². The van der Waals surface area contributed by atoms with Crippen LogP contribution in [-0.2, 0) is 20.9 Å². The molecule has 0 spiro atoms. The molecule has 0 saturated heterocycles. The van der Waals surface area contributed by atoms with E-state index in [2.05, 4.69) is 15.6 Å². The van der Waals surface area contributed by atoms with Crippen LogP contribution in [0.25, 0.3) is 0 Å². The lowest BCUT2D eigenvalue weighted by Gasteiger charge is -2.21. The van der Waals surface area contributed by atoms with Gasteiger partial charge in [0.25, 0.3) is 0 Å². The van der Waals surface area contributed by atoms with Crippen molar-refractivity contribution in [3.63, 3.8) is 0 Å². The minimum Gasteiger partial charge on any atom is -0.350 e. The second-order valence-corrected chi connectivity index (χ2v) is 5.47. The van der Waals surface area contributed by atoms with Crippen molar-refractivity contribution in [2.75, 3.05) is 16.8 Å². The molecule has 0 aliphatic rings. The summed E-state index contributed by atoms with van der Waals surface area (Å²) in [6.07, 6.45) is 3.32. The number of pyridine rings is 1. The molecule has 7 heteroatoms. The van der Waals surface area contributed by atoms with Crippen LogP contribution in [0.4, 0.5) is 11.4 Å².